The normalized spacial score (nSPS) is 11.9. The van der Waals surface area contributed by atoms with Crippen LogP contribution >= 0.6 is 0 Å². The van der Waals surface area contributed by atoms with Gasteiger partial charge in [0.2, 0.25) is 11.8 Å². The van der Waals surface area contributed by atoms with Crippen LogP contribution in [0.5, 0.6) is 0 Å². The molecule has 1 saturated carbocycles. The molecule has 1 aromatic heterocycles. The second kappa shape index (κ2) is 15.5. The van der Waals surface area contributed by atoms with E-state index >= 15 is 0 Å². The Morgan fingerprint density at radius 3 is 2.52 bits per heavy atom. The van der Waals surface area contributed by atoms with E-state index in [-0.39, 0.29) is 24.3 Å². The highest BCUT2D eigenvalue weighted by molar-refractivity contribution is 5.93. The molecule has 0 atom stereocenters. The highest BCUT2D eigenvalue weighted by atomic mass is 19.1. The molecule has 0 N–H and O–H groups in total. The van der Waals surface area contributed by atoms with Crippen LogP contribution in [0.2, 0.25) is 0 Å². The van der Waals surface area contributed by atoms with Crippen molar-refractivity contribution in [2.75, 3.05) is 18.1 Å². The molecule has 0 unspecified atom stereocenters. The molecule has 3 rings (SSSR count). The Morgan fingerprint density at radius 2 is 1.88 bits per heavy atom. The quantitative estimate of drug-likeness (QED) is 0.302. The number of carbonyl (C=O) groups is 1. The number of nitriles is 1. The number of benzene rings is 1. The Hall–Kier alpha value is -3.34. The van der Waals surface area contributed by atoms with Crippen molar-refractivity contribution in [1.82, 2.24) is 10.1 Å². The Kier molecular flexibility index (Phi) is 13.0. The summed E-state index contributed by atoms with van der Waals surface area (Å²) in [5.74, 6) is 1.03. The number of alkyl halides is 1. The molecular weight excluding hydrogens is 426 g/mol. The lowest BCUT2D eigenvalue weighted by Crippen LogP contribution is -2.32. The van der Waals surface area contributed by atoms with Crippen LogP contribution in [0.25, 0.3) is 0 Å². The van der Waals surface area contributed by atoms with Gasteiger partial charge in [-0.3, -0.25) is 9.18 Å². The highest BCUT2D eigenvalue weighted by Gasteiger charge is 2.28. The van der Waals surface area contributed by atoms with Gasteiger partial charge in [0, 0.05) is 31.0 Å². The molecule has 1 aliphatic rings. The van der Waals surface area contributed by atoms with E-state index in [1.54, 1.807) is 0 Å². The topological polar surface area (TPSA) is 83.0 Å². The predicted molar refractivity (Wildman–Crippen MR) is 125 cm³/mol. The fourth-order valence-electron chi connectivity index (χ4n) is 3.15. The fraction of sp³-hybridized carbons (Fsp3) is 0.440. The number of halogens is 2. The van der Waals surface area contributed by atoms with Crippen LogP contribution in [0.3, 0.4) is 0 Å². The lowest BCUT2D eigenvalue weighted by Gasteiger charge is -2.23. The number of rotatable bonds is 11. The van der Waals surface area contributed by atoms with Gasteiger partial charge in [0.1, 0.15) is 5.82 Å². The number of anilines is 1. The summed E-state index contributed by atoms with van der Waals surface area (Å²) in [6.07, 6.45) is 5.41. The van der Waals surface area contributed by atoms with Crippen molar-refractivity contribution in [3.05, 3.63) is 67.6 Å². The van der Waals surface area contributed by atoms with Gasteiger partial charge in [-0.2, -0.15) is 10.2 Å². The molecule has 178 valence electrons. The molecule has 1 heterocycles. The molecule has 2 aromatic rings. The lowest BCUT2D eigenvalue weighted by molar-refractivity contribution is -0.118. The Balaban J connectivity index is 0.00000129. The van der Waals surface area contributed by atoms with E-state index in [1.807, 2.05) is 6.07 Å². The van der Waals surface area contributed by atoms with Gasteiger partial charge >= 0.3 is 0 Å². The van der Waals surface area contributed by atoms with E-state index in [1.165, 1.54) is 17.0 Å². The van der Waals surface area contributed by atoms with E-state index in [9.17, 15) is 13.6 Å². The van der Waals surface area contributed by atoms with Gasteiger partial charge in [-0.1, -0.05) is 11.6 Å². The SMILES string of the molecule is C=C.C=C.N#Cc1cc(F)cc(N(CCCCCc2nc(C3CC3)no2)C(=O)CCCF)c1. The highest BCUT2D eigenvalue weighted by Crippen LogP contribution is 2.38. The van der Waals surface area contributed by atoms with E-state index < -0.39 is 12.5 Å². The number of amides is 1. The summed E-state index contributed by atoms with van der Waals surface area (Å²) in [6.45, 7) is 11.8. The zero-order valence-corrected chi connectivity index (χ0v) is 19.1. The van der Waals surface area contributed by atoms with E-state index in [0.717, 1.165) is 37.6 Å². The molecule has 0 spiro atoms. The number of carbonyl (C=O) groups excluding carboxylic acids is 1. The second-order valence-electron chi connectivity index (χ2n) is 7.28. The number of aryl methyl sites for hydroxylation is 1. The number of hydrogen-bond donors (Lipinski definition) is 0. The maximum atomic E-state index is 13.8. The Labute approximate surface area is 194 Å². The third-order valence-corrected chi connectivity index (χ3v) is 4.85. The summed E-state index contributed by atoms with van der Waals surface area (Å²) in [5, 5.41) is 13.0. The Bertz CT molecular complexity index is 904. The van der Waals surface area contributed by atoms with Crippen LogP contribution in [0.15, 0.2) is 49.0 Å². The third kappa shape index (κ3) is 9.36. The average molecular weight is 459 g/mol. The number of hydrogen-bond acceptors (Lipinski definition) is 5. The maximum absolute atomic E-state index is 13.8. The first kappa shape index (κ1) is 27.7. The van der Waals surface area contributed by atoms with Crippen LogP contribution in [-0.4, -0.2) is 29.3 Å². The summed E-state index contributed by atoms with van der Waals surface area (Å²) in [4.78, 5) is 18.3. The summed E-state index contributed by atoms with van der Waals surface area (Å²) < 4.78 is 31.5. The molecule has 0 aliphatic heterocycles. The Morgan fingerprint density at radius 1 is 1.15 bits per heavy atom. The van der Waals surface area contributed by atoms with Crippen molar-refractivity contribution in [3.63, 3.8) is 0 Å². The summed E-state index contributed by atoms with van der Waals surface area (Å²) in [5.41, 5.74) is 0.475. The summed E-state index contributed by atoms with van der Waals surface area (Å²) in [7, 11) is 0. The molecule has 8 heteroatoms. The van der Waals surface area contributed by atoms with Gasteiger partial charge in [-0.25, -0.2) is 4.39 Å². The van der Waals surface area contributed by atoms with Crippen molar-refractivity contribution < 1.29 is 18.1 Å². The first-order chi connectivity index (χ1) is 16.1. The zero-order valence-electron chi connectivity index (χ0n) is 19.1. The average Bonchev–Trinajstić information content (AvgIpc) is 3.60. The van der Waals surface area contributed by atoms with Crippen molar-refractivity contribution in [2.24, 2.45) is 0 Å². The minimum absolute atomic E-state index is 0.0425. The maximum Gasteiger partial charge on any atom is 0.227 e. The van der Waals surface area contributed by atoms with E-state index in [4.69, 9.17) is 9.78 Å². The fourth-order valence-corrected chi connectivity index (χ4v) is 3.15. The monoisotopic (exact) mass is 458 g/mol. The van der Waals surface area contributed by atoms with Crippen LogP contribution in [0, 0.1) is 17.1 Å². The molecule has 1 aromatic carbocycles. The second-order valence-corrected chi connectivity index (χ2v) is 7.28. The largest absolute Gasteiger partial charge is 0.339 e. The third-order valence-electron chi connectivity index (χ3n) is 4.85. The molecule has 0 saturated heterocycles. The van der Waals surface area contributed by atoms with Crippen molar-refractivity contribution in [1.29, 1.82) is 5.26 Å². The molecule has 1 amide bonds. The standard InChI is InChI=1S/C21H24F2N4O2.2C2H4/c22-9-4-6-20(28)27(18-12-15(14-24)11-17(23)13-18)10-3-1-2-5-19-25-21(26-29-19)16-7-8-16;2*1-2/h11-13,16H,1-10H2;2*1-2H2. The van der Waals surface area contributed by atoms with Gasteiger partial charge < -0.3 is 9.42 Å². The smallest absolute Gasteiger partial charge is 0.227 e. The van der Waals surface area contributed by atoms with E-state index in [0.29, 0.717) is 36.9 Å². The molecular formula is C25H32F2N4O2. The van der Waals surface area contributed by atoms with Gasteiger partial charge in [0.15, 0.2) is 5.82 Å². The molecule has 0 radical (unpaired) electrons. The van der Waals surface area contributed by atoms with Gasteiger partial charge in [-0.05, 0) is 50.3 Å². The molecule has 1 fully saturated rings. The van der Waals surface area contributed by atoms with Gasteiger partial charge in [0.25, 0.3) is 0 Å². The van der Waals surface area contributed by atoms with Gasteiger partial charge in [-0.15, -0.1) is 26.3 Å². The predicted octanol–water partition coefficient (Wildman–Crippen LogP) is 6.06. The van der Waals surface area contributed by atoms with E-state index in [2.05, 4.69) is 36.5 Å². The number of unbranched alkanes of at least 4 members (excludes halogenated alkanes) is 2. The first-order valence-electron chi connectivity index (χ1n) is 11.0. The first-order valence-corrected chi connectivity index (χ1v) is 11.0. The van der Waals surface area contributed by atoms with Crippen molar-refractivity contribution in [2.45, 2.75) is 57.3 Å². The summed E-state index contributed by atoms with van der Waals surface area (Å²) in [6, 6.07) is 5.72. The number of aromatic nitrogens is 2. The van der Waals surface area contributed by atoms with Crippen LogP contribution < -0.4 is 4.90 Å². The molecule has 0 bridgehead atoms. The number of nitrogens with zero attached hydrogens (tertiary/aromatic N) is 4. The van der Waals surface area contributed by atoms with Gasteiger partial charge in [0.05, 0.1) is 18.3 Å². The minimum Gasteiger partial charge on any atom is -0.339 e. The lowest BCUT2D eigenvalue weighted by atomic mass is 10.1. The summed E-state index contributed by atoms with van der Waals surface area (Å²) >= 11 is 0. The van der Waals surface area contributed by atoms with Crippen molar-refractivity contribution in [3.8, 4) is 6.07 Å². The zero-order chi connectivity index (χ0) is 24.6. The minimum atomic E-state index is -0.584. The van der Waals surface area contributed by atoms with Crippen LogP contribution in [-0.2, 0) is 11.2 Å². The molecule has 1 aliphatic carbocycles. The molecule has 6 nitrogen and oxygen atoms in total. The van der Waals surface area contributed by atoms with Crippen LogP contribution in [0.4, 0.5) is 14.5 Å². The van der Waals surface area contributed by atoms with Crippen LogP contribution in [0.1, 0.15) is 68.1 Å². The van der Waals surface area contributed by atoms with Crippen molar-refractivity contribution >= 4 is 11.6 Å². The molecule has 33 heavy (non-hydrogen) atoms.